The number of allylic oxidation sites excluding steroid dienone is 1. The van der Waals surface area contributed by atoms with Gasteiger partial charge < -0.3 is 14.6 Å². The maximum atomic E-state index is 13.1. The molecule has 26 heavy (non-hydrogen) atoms. The lowest BCUT2D eigenvalue weighted by atomic mass is 9.82. The normalized spacial score (nSPS) is 24.5. The molecule has 2 aliphatic rings. The lowest BCUT2D eigenvalue weighted by Crippen LogP contribution is -2.53. The lowest BCUT2D eigenvalue weighted by Gasteiger charge is -2.39. The van der Waals surface area contributed by atoms with Gasteiger partial charge in [0, 0.05) is 23.4 Å². The minimum atomic E-state index is -1.04. The maximum absolute atomic E-state index is 13.1. The Morgan fingerprint density at radius 1 is 1.42 bits per heavy atom. The summed E-state index contributed by atoms with van der Waals surface area (Å²) in [6.45, 7) is 6.64. The van der Waals surface area contributed by atoms with E-state index in [2.05, 4.69) is 17.6 Å². The Labute approximate surface area is 153 Å². The number of amides is 1. The van der Waals surface area contributed by atoms with E-state index in [1.165, 1.54) is 7.11 Å². The van der Waals surface area contributed by atoms with Crippen molar-refractivity contribution in [3.8, 4) is 0 Å². The molecule has 1 aromatic heterocycles. The third-order valence-corrected chi connectivity index (χ3v) is 5.99. The summed E-state index contributed by atoms with van der Waals surface area (Å²) in [5, 5.41) is 1.12. The van der Waals surface area contributed by atoms with E-state index in [-0.39, 0.29) is 17.8 Å². The smallest absolute Gasteiger partial charge is 0.338 e. The number of methoxy groups -OCH3 is 1. The average Bonchev–Trinajstić information content (AvgIpc) is 3.18. The van der Waals surface area contributed by atoms with Gasteiger partial charge in [-0.3, -0.25) is 4.79 Å². The fraction of sp³-hybridized carbons (Fsp3) is 0.429. The van der Waals surface area contributed by atoms with Crippen molar-refractivity contribution >= 4 is 22.8 Å². The lowest BCUT2D eigenvalue weighted by molar-refractivity contribution is -0.159. The van der Waals surface area contributed by atoms with E-state index in [9.17, 15) is 9.59 Å². The molecule has 0 bridgehead atoms. The number of benzene rings is 1. The quantitative estimate of drug-likeness (QED) is 0.678. The number of carbonyl (C=O) groups excluding carboxylic acids is 2. The molecule has 1 saturated heterocycles. The first-order valence-corrected chi connectivity index (χ1v) is 9.19. The van der Waals surface area contributed by atoms with Crippen LogP contribution in [0.5, 0.6) is 0 Å². The van der Waals surface area contributed by atoms with Crippen LogP contribution in [0.25, 0.3) is 10.9 Å². The zero-order chi connectivity index (χ0) is 18.5. The number of rotatable bonds is 4. The predicted molar refractivity (Wildman–Crippen MR) is 99.6 cm³/mol. The van der Waals surface area contributed by atoms with Crippen molar-refractivity contribution in [2.45, 2.75) is 38.1 Å². The number of carbonyl (C=O) groups is 2. The number of para-hydroxylation sites is 1. The summed E-state index contributed by atoms with van der Waals surface area (Å²) in [6.07, 6.45) is 2.65. The molecule has 1 amide bonds. The summed E-state index contributed by atoms with van der Waals surface area (Å²) in [4.78, 5) is 31.3. The molecule has 2 aliphatic heterocycles. The number of H-pyrrole nitrogens is 1. The van der Waals surface area contributed by atoms with Crippen LogP contribution in [-0.2, 0) is 26.3 Å². The minimum absolute atomic E-state index is 0.0364. The fourth-order valence-electron chi connectivity index (χ4n) is 4.65. The van der Waals surface area contributed by atoms with Gasteiger partial charge in [-0.15, -0.1) is 0 Å². The van der Waals surface area contributed by atoms with Gasteiger partial charge in [-0.1, -0.05) is 37.3 Å². The largest absolute Gasteiger partial charge is 0.467 e. The van der Waals surface area contributed by atoms with Gasteiger partial charge >= 0.3 is 5.97 Å². The Morgan fingerprint density at radius 2 is 2.19 bits per heavy atom. The van der Waals surface area contributed by atoms with Crippen LogP contribution in [0.1, 0.15) is 37.4 Å². The van der Waals surface area contributed by atoms with Gasteiger partial charge in [0.05, 0.1) is 12.8 Å². The average molecular weight is 352 g/mol. The van der Waals surface area contributed by atoms with Crippen LogP contribution in [0.4, 0.5) is 0 Å². The molecule has 2 aromatic rings. The number of nitrogens with one attached hydrogen (secondary N) is 1. The number of hydrogen-bond acceptors (Lipinski definition) is 3. The summed E-state index contributed by atoms with van der Waals surface area (Å²) in [5.41, 5.74) is 2.95. The molecule has 1 N–H and O–H groups in total. The van der Waals surface area contributed by atoms with Crippen LogP contribution in [0.15, 0.2) is 36.4 Å². The molecule has 0 saturated carbocycles. The molecule has 1 aromatic carbocycles. The number of esters is 1. The first kappa shape index (κ1) is 16.9. The van der Waals surface area contributed by atoms with Crippen LogP contribution in [0.2, 0.25) is 0 Å². The molecular formula is C21H24N2O3. The van der Waals surface area contributed by atoms with Crippen LogP contribution in [0, 0.1) is 5.92 Å². The van der Waals surface area contributed by atoms with E-state index < -0.39 is 5.54 Å². The van der Waals surface area contributed by atoms with Crippen molar-refractivity contribution in [1.29, 1.82) is 0 Å². The summed E-state index contributed by atoms with van der Waals surface area (Å²) in [5.74, 6) is -0.545. The van der Waals surface area contributed by atoms with Gasteiger partial charge in [-0.2, -0.15) is 0 Å². The van der Waals surface area contributed by atoms with Crippen LogP contribution < -0.4 is 0 Å². The Balaban J connectivity index is 1.88. The summed E-state index contributed by atoms with van der Waals surface area (Å²) >= 11 is 0. The highest BCUT2D eigenvalue weighted by atomic mass is 16.5. The summed E-state index contributed by atoms with van der Waals surface area (Å²) in [6, 6.07) is 8.05. The van der Waals surface area contributed by atoms with E-state index in [1.807, 2.05) is 25.1 Å². The van der Waals surface area contributed by atoms with Crippen molar-refractivity contribution < 1.29 is 14.3 Å². The first-order chi connectivity index (χ1) is 12.5. The summed E-state index contributed by atoms with van der Waals surface area (Å²) < 4.78 is 5.20. The van der Waals surface area contributed by atoms with Gasteiger partial charge in [0.2, 0.25) is 5.91 Å². The topological polar surface area (TPSA) is 62.4 Å². The molecular weight excluding hydrogens is 328 g/mol. The van der Waals surface area contributed by atoms with Crippen molar-refractivity contribution in [2.24, 2.45) is 5.92 Å². The Kier molecular flexibility index (Phi) is 3.90. The molecule has 3 heterocycles. The second kappa shape index (κ2) is 6.01. The number of aromatic amines is 1. The van der Waals surface area contributed by atoms with Crippen LogP contribution in [0.3, 0.4) is 0 Å². The SMILES string of the molecule is C=C(CC)C[C@@H]1C[C@]2(C(=O)OC)c3[nH]c4ccccc4c3CCN2C1=O. The van der Waals surface area contributed by atoms with Gasteiger partial charge in [0.25, 0.3) is 0 Å². The molecule has 136 valence electrons. The van der Waals surface area contributed by atoms with E-state index in [0.717, 1.165) is 40.6 Å². The molecule has 2 atom stereocenters. The molecule has 5 nitrogen and oxygen atoms in total. The molecule has 4 rings (SSSR count). The summed E-state index contributed by atoms with van der Waals surface area (Å²) in [7, 11) is 1.40. The van der Waals surface area contributed by atoms with E-state index in [1.54, 1.807) is 4.90 Å². The number of hydrogen-bond donors (Lipinski definition) is 1. The van der Waals surface area contributed by atoms with Gasteiger partial charge in [-0.05, 0) is 37.3 Å². The Morgan fingerprint density at radius 3 is 2.92 bits per heavy atom. The number of aromatic nitrogens is 1. The standard InChI is InChI=1S/C21H24N2O3/c1-4-13(2)11-14-12-21(20(25)26-3)18-16(9-10-23(21)19(14)24)15-7-5-6-8-17(15)22-18/h5-8,14,22H,2,4,9-12H2,1,3H3/t14-,21-/m1/s1. The van der Waals surface area contributed by atoms with Crippen LogP contribution >= 0.6 is 0 Å². The second-order valence-corrected chi connectivity index (χ2v) is 7.32. The number of fused-ring (bicyclic) bond motifs is 5. The monoisotopic (exact) mass is 352 g/mol. The van der Waals surface area contributed by atoms with E-state index in [4.69, 9.17) is 4.74 Å². The first-order valence-electron chi connectivity index (χ1n) is 9.19. The Bertz CT molecular complexity index is 913. The number of nitrogens with zero attached hydrogens (tertiary/aromatic N) is 1. The third-order valence-electron chi connectivity index (χ3n) is 5.99. The minimum Gasteiger partial charge on any atom is -0.467 e. The highest BCUT2D eigenvalue weighted by Gasteiger charge is 2.60. The van der Waals surface area contributed by atoms with Crippen molar-refractivity contribution in [3.05, 3.63) is 47.7 Å². The van der Waals surface area contributed by atoms with Gasteiger partial charge in [0.15, 0.2) is 5.54 Å². The van der Waals surface area contributed by atoms with E-state index >= 15 is 0 Å². The maximum Gasteiger partial charge on any atom is 0.338 e. The molecule has 1 fully saturated rings. The van der Waals surface area contributed by atoms with Crippen molar-refractivity contribution in [3.63, 3.8) is 0 Å². The molecule has 0 radical (unpaired) electrons. The predicted octanol–water partition coefficient (Wildman–Crippen LogP) is 3.30. The highest BCUT2D eigenvalue weighted by molar-refractivity contribution is 5.97. The van der Waals surface area contributed by atoms with E-state index in [0.29, 0.717) is 19.4 Å². The Hall–Kier alpha value is -2.56. The molecule has 0 spiro atoms. The van der Waals surface area contributed by atoms with Crippen molar-refractivity contribution in [2.75, 3.05) is 13.7 Å². The molecule has 0 unspecified atom stereocenters. The van der Waals surface area contributed by atoms with Crippen LogP contribution in [-0.4, -0.2) is 35.4 Å². The van der Waals surface area contributed by atoms with Crippen molar-refractivity contribution in [1.82, 2.24) is 9.88 Å². The number of ether oxygens (including phenoxy) is 1. The molecule has 5 heteroatoms. The second-order valence-electron chi connectivity index (χ2n) is 7.32. The fourth-order valence-corrected chi connectivity index (χ4v) is 4.65. The zero-order valence-corrected chi connectivity index (χ0v) is 15.3. The van der Waals surface area contributed by atoms with Gasteiger partial charge in [-0.25, -0.2) is 4.79 Å². The molecule has 0 aliphatic carbocycles. The zero-order valence-electron chi connectivity index (χ0n) is 15.3. The third kappa shape index (κ3) is 2.16. The van der Waals surface area contributed by atoms with Gasteiger partial charge in [0.1, 0.15) is 0 Å². The highest BCUT2D eigenvalue weighted by Crippen LogP contribution is 2.49.